The summed E-state index contributed by atoms with van der Waals surface area (Å²) in [6.07, 6.45) is 0.452. The Bertz CT molecular complexity index is 959. The first-order valence-corrected chi connectivity index (χ1v) is 11.3. The minimum absolute atomic E-state index is 0.0382. The van der Waals surface area contributed by atoms with Crippen LogP contribution in [-0.2, 0) is 21.2 Å². The van der Waals surface area contributed by atoms with E-state index in [0.29, 0.717) is 24.0 Å². The highest BCUT2D eigenvalue weighted by atomic mass is 79.9. The molecule has 1 saturated heterocycles. The first-order chi connectivity index (χ1) is 13.3. The molecule has 5 nitrogen and oxygen atoms in total. The highest BCUT2D eigenvalue weighted by Gasteiger charge is 2.31. The molecule has 28 heavy (non-hydrogen) atoms. The SMILES string of the molecule is CC(Cc1cccc(F)c1)C(=O)N1CCN(S(=O)(=O)c2cccc(Br)c2)CC1. The molecule has 2 aromatic rings. The molecule has 0 spiro atoms. The van der Waals surface area contributed by atoms with Crippen molar-refractivity contribution in [2.45, 2.75) is 18.2 Å². The molecule has 150 valence electrons. The van der Waals surface area contributed by atoms with Gasteiger partial charge in [0.2, 0.25) is 15.9 Å². The fraction of sp³-hybridized carbons (Fsp3) is 0.350. The van der Waals surface area contributed by atoms with E-state index in [0.717, 1.165) is 5.56 Å². The van der Waals surface area contributed by atoms with Crippen LogP contribution >= 0.6 is 15.9 Å². The zero-order chi connectivity index (χ0) is 20.3. The average molecular weight is 469 g/mol. The third-order valence-corrected chi connectivity index (χ3v) is 7.22. The lowest BCUT2D eigenvalue weighted by Gasteiger charge is -2.35. The van der Waals surface area contributed by atoms with E-state index >= 15 is 0 Å². The van der Waals surface area contributed by atoms with E-state index in [4.69, 9.17) is 0 Å². The molecule has 1 unspecified atom stereocenters. The molecular formula is C20H22BrFN2O3S. The number of hydrogen-bond acceptors (Lipinski definition) is 3. The van der Waals surface area contributed by atoms with Crippen LogP contribution in [-0.4, -0.2) is 49.7 Å². The highest BCUT2D eigenvalue weighted by Crippen LogP contribution is 2.22. The van der Waals surface area contributed by atoms with Crippen LogP contribution in [0.2, 0.25) is 0 Å². The van der Waals surface area contributed by atoms with Crippen LogP contribution in [0.4, 0.5) is 4.39 Å². The summed E-state index contributed by atoms with van der Waals surface area (Å²) in [7, 11) is -3.58. The molecular weight excluding hydrogens is 447 g/mol. The number of hydrogen-bond donors (Lipinski definition) is 0. The third-order valence-electron chi connectivity index (χ3n) is 4.84. The van der Waals surface area contributed by atoms with Gasteiger partial charge in [0.15, 0.2) is 0 Å². The Morgan fingerprint density at radius 3 is 2.43 bits per heavy atom. The number of rotatable bonds is 5. The summed E-state index contributed by atoms with van der Waals surface area (Å²) in [6, 6.07) is 12.9. The lowest BCUT2D eigenvalue weighted by atomic mass is 9.99. The predicted octanol–water partition coefficient (Wildman–Crippen LogP) is 3.30. The van der Waals surface area contributed by atoms with Crippen molar-refractivity contribution in [3.8, 4) is 0 Å². The van der Waals surface area contributed by atoms with Crippen molar-refractivity contribution in [3.63, 3.8) is 0 Å². The maximum absolute atomic E-state index is 13.3. The number of amides is 1. The van der Waals surface area contributed by atoms with E-state index in [2.05, 4.69) is 15.9 Å². The zero-order valence-corrected chi connectivity index (χ0v) is 17.9. The van der Waals surface area contributed by atoms with Gasteiger partial charge in [0.25, 0.3) is 0 Å². The molecule has 0 radical (unpaired) electrons. The monoisotopic (exact) mass is 468 g/mol. The first kappa shape index (κ1) is 21.0. The Kier molecular flexibility index (Phi) is 6.52. The summed E-state index contributed by atoms with van der Waals surface area (Å²) < 4.78 is 41.0. The van der Waals surface area contributed by atoms with E-state index < -0.39 is 10.0 Å². The number of benzene rings is 2. The van der Waals surface area contributed by atoms with Crippen molar-refractivity contribution >= 4 is 31.9 Å². The smallest absolute Gasteiger partial charge is 0.243 e. The summed E-state index contributed by atoms with van der Waals surface area (Å²) >= 11 is 3.30. The molecule has 3 rings (SSSR count). The van der Waals surface area contributed by atoms with Crippen LogP contribution in [0.1, 0.15) is 12.5 Å². The highest BCUT2D eigenvalue weighted by molar-refractivity contribution is 9.10. The predicted molar refractivity (Wildman–Crippen MR) is 109 cm³/mol. The second-order valence-corrected chi connectivity index (χ2v) is 9.78. The molecule has 0 bridgehead atoms. The fourth-order valence-corrected chi connectivity index (χ4v) is 5.36. The Labute approximate surface area is 173 Å². The number of piperazine rings is 1. The van der Waals surface area contributed by atoms with E-state index in [1.54, 1.807) is 41.3 Å². The number of nitrogens with zero attached hydrogens (tertiary/aromatic N) is 2. The van der Waals surface area contributed by atoms with E-state index in [1.807, 2.05) is 6.92 Å². The molecule has 0 aromatic heterocycles. The van der Waals surface area contributed by atoms with Gasteiger partial charge in [0.1, 0.15) is 5.82 Å². The van der Waals surface area contributed by atoms with Crippen LogP contribution in [0.5, 0.6) is 0 Å². The van der Waals surface area contributed by atoms with Crippen molar-refractivity contribution in [1.29, 1.82) is 0 Å². The first-order valence-electron chi connectivity index (χ1n) is 9.06. The lowest BCUT2D eigenvalue weighted by molar-refractivity contribution is -0.136. The van der Waals surface area contributed by atoms with Crippen molar-refractivity contribution in [3.05, 3.63) is 64.4 Å². The van der Waals surface area contributed by atoms with Gasteiger partial charge in [-0.2, -0.15) is 4.31 Å². The Morgan fingerprint density at radius 2 is 1.79 bits per heavy atom. The van der Waals surface area contributed by atoms with Gasteiger partial charge in [-0.15, -0.1) is 0 Å². The molecule has 0 saturated carbocycles. The van der Waals surface area contributed by atoms with Crippen LogP contribution in [0.3, 0.4) is 0 Å². The summed E-state index contributed by atoms with van der Waals surface area (Å²) in [5.74, 6) is -0.651. The molecule has 0 aliphatic carbocycles. The van der Waals surface area contributed by atoms with Crippen molar-refractivity contribution in [1.82, 2.24) is 9.21 Å². The second kappa shape index (κ2) is 8.71. The maximum atomic E-state index is 13.3. The largest absolute Gasteiger partial charge is 0.340 e. The topological polar surface area (TPSA) is 57.7 Å². The van der Waals surface area contributed by atoms with Gasteiger partial charge in [-0.1, -0.05) is 41.1 Å². The fourth-order valence-electron chi connectivity index (χ4n) is 3.34. The minimum atomic E-state index is -3.58. The number of halogens is 2. The summed E-state index contributed by atoms with van der Waals surface area (Å²) in [5, 5.41) is 0. The van der Waals surface area contributed by atoms with Gasteiger partial charge in [-0.05, 0) is 42.3 Å². The van der Waals surface area contributed by atoms with Crippen LogP contribution < -0.4 is 0 Å². The van der Waals surface area contributed by atoms with Crippen LogP contribution in [0.25, 0.3) is 0 Å². The summed E-state index contributed by atoms with van der Waals surface area (Å²) in [6.45, 7) is 3.03. The maximum Gasteiger partial charge on any atom is 0.243 e. The average Bonchev–Trinajstić information content (AvgIpc) is 2.67. The van der Waals surface area contributed by atoms with Gasteiger partial charge in [-0.3, -0.25) is 4.79 Å². The molecule has 1 atom stereocenters. The van der Waals surface area contributed by atoms with Gasteiger partial charge in [-0.25, -0.2) is 12.8 Å². The lowest BCUT2D eigenvalue weighted by Crippen LogP contribution is -2.51. The molecule has 0 N–H and O–H groups in total. The van der Waals surface area contributed by atoms with Gasteiger partial charge < -0.3 is 4.90 Å². The molecule has 8 heteroatoms. The number of carbonyl (C=O) groups excluding carboxylic acids is 1. The molecule has 2 aromatic carbocycles. The second-order valence-electron chi connectivity index (χ2n) is 6.92. The van der Waals surface area contributed by atoms with Gasteiger partial charge >= 0.3 is 0 Å². The summed E-state index contributed by atoms with van der Waals surface area (Å²) in [4.78, 5) is 14.6. The molecule has 1 aliphatic heterocycles. The van der Waals surface area contributed by atoms with Crippen molar-refractivity contribution in [2.75, 3.05) is 26.2 Å². The molecule has 1 aliphatic rings. The minimum Gasteiger partial charge on any atom is -0.340 e. The molecule has 1 heterocycles. The van der Waals surface area contributed by atoms with Crippen molar-refractivity contribution < 1.29 is 17.6 Å². The Morgan fingerprint density at radius 1 is 1.11 bits per heavy atom. The van der Waals surface area contributed by atoms with E-state index in [9.17, 15) is 17.6 Å². The molecule has 1 amide bonds. The third kappa shape index (κ3) is 4.79. The van der Waals surface area contributed by atoms with Crippen LogP contribution in [0.15, 0.2) is 57.9 Å². The Hall–Kier alpha value is -1.77. The standard InChI is InChI=1S/C20H22BrFN2O3S/c1-15(12-16-4-2-6-18(22)13-16)20(25)23-8-10-24(11-9-23)28(26,27)19-7-3-5-17(21)14-19/h2-7,13-15H,8-12H2,1H3. The van der Waals surface area contributed by atoms with Crippen molar-refractivity contribution in [2.24, 2.45) is 5.92 Å². The molecule has 1 fully saturated rings. The van der Waals surface area contributed by atoms with Gasteiger partial charge in [0.05, 0.1) is 4.90 Å². The van der Waals surface area contributed by atoms with Gasteiger partial charge in [0, 0.05) is 36.6 Å². The van der Waals surface area contributed by atoms with E-state index in [1.165, 1.54) is 16.4 Å². The Balaban J connectivity index is 1.60. The normalized spacial score (nSPS) is 16.8. The quantitative estimate of drug-likeness (QED) is 0.676. The number of sulfonamides is 1. The zero-order valence-electron chi connectivity index (χ0n) is 15.5. The van der Waals surface area contributed by atoms with E-state index in [-0.39, 0.29) is 35.6 Å². The number of carbonyl (C=O) groups is 1. The summed E-state index contributed by atoms with van der Waals surface area (Å²) in [5.41, 5.74) is 0.775. The van der Waals surface area contributed by atoms with Crippen LogP contribution in [0, 0.1) is 11.7 Å².